The van der Waals surface area contributed by atoms with Crippen LogP contribution in [-0.4, -0.2) is 34.1 Å². The summed E-state index contributed by atoms with van der Waals surface area (Å²) in [6.07, 6.45) is 0. The second-order valence-electron chi connectivity index (χ2n) is 5.84. The highest BCUT2D eigenvalue weighted by molar-refractivity contribution is 5.94. The van der Waals surface area contributed by atoms with Gasteiger partial charge in [0.05, 0.1) is 0 Å². The van der Waals surface area contributed by atoms with Crippen molar-refractivity contribution in [1.82, 2.24) is 15.1 Å². The van der Waals surface area contributed by atoms with Crippen LogP contribution in [0.2, 0.25) is 0 Å². The average molecular weight is 335 g/mol. The predicted molar refractivity (Wildman–Crippen MR) is 97.2 cm³/mol. The molecular formula is C20H21N3O2. The van der Waals surface area contributed by atoms with E-state index in [4.69, 9.17) is 4.42 Å². The molecule has 1 amide bonds. The van der Waals surface area contributed by atoms with Gasteiger partial charge in [-0.05, 0) is 57.2 Å². The van der Waals surface area contributed by atoms with Crippen LogP contribution >= 0.6 is 0 Å². The van der Waals surface area contributed by atoms with Crippen LogP contribution < -0.4 is 0 Å². The molecule has 25 heavy (non-hydrogen) atoms. The maximum atomic E-state index is 12.4. The Morgan fingerprint density at radius 3 is 2.20 bits per heavy atom. The first-order valence-corrected chi connectivity index (χ1v) is 8.42. The Hall–Kier alpha value is -2.95. The lowest BCUT2D eigenvalue weighted by Crippen LogP contribution is -2.30. The molecule has 5 heteroatoms. The molecule has 0 atom stereocenters. The van der Waals surface area contributed by atoms with Crippen LogP contribution in [-0.2, 0) is 0 Å². The Morgan fingerprint density at radius 2 is 1.60 bits per heavy atom. The van der Waals surface area contributed by atoms with Crippen LogP contribution in [0, 0.1) is 6.92 Å². The van der Waals surface area contributed by atoms with Gasteiger partial charge in [-0.2, -0.15) is 0 Å². The lowest BCUT2D eigenvalue weighted by molar-refractivity contribution is 0.0773. The number of aromatic nitrogens is 2. The van der Waals surface area contributed by atoms with E-state index in [9.17, 15) is 4.79 Å². The lowest BCUT2D eigenvalue weighted by Gasteiger charge is -2.18. The number of nitrogens with zero attached hydrogens (tertiary/aromatic N) is 3. The van der Waals surface area contributed by atoms with Crippen molar-refractivity contribution < 1.29 is 9.21 Å². The molecule has 128 valence electrons. The zero-order valence-corrected chi connectivity index (χ0v) is 14.7. The van der Waals surface area contributed by atoms with E-state index < -0.39 is 0 Å². The summed E-state index contributed by atoms with van der Waals surface area (Å²) in [4.78, 5) is 14.1. The molecule has 0 unspecified atom stereocenters. The zero-order valence-electron chi connectivity index (χ0n) is 14.7. The number of carbonyl (C=O) groups is 1. The number of benzene rings is 2. The smallest absolute Gasteiger partial charge is 0.253 e. The number of carbonyl (C=O) groups excluding carboxylic acids is 1. The van der Waals surface area contributed by atoms with Crippen molar-refractivity contribution in [2.75, 3.05) is 13.1 Å². The third kappa shape index (κ3) is 3.60. The van der Waals surface area contributed by atoms with Crippen LogP contribution in [0.15, 0.2) is 52.9 Å². The Labute approximate surface area is 147 Å². The van der Waals surface area contributed by atoms with Crippen LogP contribution in [0.4, 0.5) is 0 Å². The van der Waals surface area contributed by atoms with Crippen molar-refractivity contribution in [2.24, 2.45) is 0 Å². The molecule has 5 nitrogen and oxygen atoms in total. The summed E-state index contributed by atoms with van der Waals surface area (Å²) in [7, 11) is 0. The number of hydrogen-bond acceptors (Lipinski definition) is 4. The first-order valence-electron chi connectivity index (χ1n) is 8.42. The van der Waals surface area contributed by atoms with Crippen molar-refractivity contribution in [3.05, 3.63) is 59.7 Å². The van der Waals surface area contributed by atoms with Gasteiger partial charge in [-0.25, -0.2) is 0 Å². The van der Waals surface area contributed by atoms with E-state index in [0.29, 0.717) is 30.4 Å². The highest BCUT2D eigenvalue weighted by atomic mass is 16.4. The molecule has 0 spiro atoms. The number of hydrogen-bond donors (Lipinski definition) is 0. The van der Waals surface area contributed by atoms with Crippen molar-refractivity contribution in [1.29, 1.82) is 0 Å². The Morgan fingerprint density at radius 1 is 0.960 bits per heavy atom. The third-order valence-electron chi connectivity index (χ3n) is 4.12. The largest absolute Gasteiger partial charge is 0.416 e. The van der Waals surface area contributed by atoms with E-state index in [0.717, 1.165) is 16.7 Å². The highest BCUT2D eigenvalue weighted by Gasteiger charge is 2.14. The lowest BCUT2D eigenvalue weighted by atomic mass is 10.1. The topological polar surface area (TPSA) is 59.2 Å². The van der Waals surface area contributed by atoms with Gasteiger partial charge in [-0.3, -0.25) is 4.79 Å². The SMILES string of the molecule is CCN(CC)C(=O)c1ccc(-c2nnc(-c3cccc(C)c3)o2)cc1. The van der Waals surface area contributed by atoms with Gasteiger partial charge >= 0.3 is 0 Å². The molecule has 0 N–H and O–H groups in total. The van der Waals surface area contributed by atoms with E-state index in [1.165, 1.54) is 0 Å². The summed E-state index contributed by atoms with van der Waals surface area (Å²) >= 11 is 0. The summed E-state index contributed by atoms with van der Waals surface area (Å²) in [6.45, 7) is 7.36. The molecule has 0 radical (unpaired) electrons. The van der Waals surface area contributed by atoms with Crippen molar-refractivity contribution in [3.63, 3.8) is 0 Å². The van der Waals surface area contributed by atoms with Crippen molar-refractivity contribution in [3.8, 4) is 22.9 Å². The van der Waals surface area contributed by atoms with Crippen LogP contribution in [0.1, 0.15) is 29.8 Å². The fourth-order valence-corrected chi connectivity index (χ4v) is 2.68. The quantitative estimate of drug-likeness (QED) is 0.701. The average Bonchev–Trinajstić information content (AvgIpc) is 3.13. The van der Waals surface area contributed by atoms with Gasteiger partial charge in [0.15, 0.2) is 0 Å². The molecular weight excluding hydrogens is 314 g/mol. The maximum absolute atomic E-state index is 12.4. The number of aryl methyl sites for hydroxylation is 1. The molecule has 0 fully saturated rings. The summed E-state index contributed by atoms with van der Waals surface area (Å²) in [6, 6.07) is 15.2. The molecule has 1 aromatic heterocycles. The predicted octanol–water partition coefficient (Wildman–Crippen LogP) is 4.19. The van der Waals surface area contributed by atoms with Gasteiger partial charge in [0, 0.05) is 29.8 Å². The van der Waals surface area contributed by atoms with E-state index >= 15 is 0 Å². The van der Waals surface area contributed by atoms with Gasteiger partial charge in [0.2, 0.25) is 11.8 Å². The van der Waals surface area contributed by atoms with Gasteiger partial charge in [-0.1, -0.05) is 17.7 Å². The molecule has 0 bridgehead atoms. The second-order valence-corrected chi connectivity index (χ2v) is 5.84. The Bertz CT molecular complexity index is 865. The van der Waals surface area contributed by atoms with Gasteiger partial charge < -0.3 is 9.32 Å². The minimum atomic E-state index is 0.0301. The molecule has 0 saturated heterocycles. The van der Waals surface area contributed by atoms with E-state index in [2.05, 4.69) is 10.2 Å². The third-order valence-corrected chi connectivity index (χ3v) is 4.12. The van der Waals surface area contributed by atoms with E-state index in [-0.39, 0.29) is 5.91 Å². The van der Waals surface area contributed by atoms with Crippen LogP contribution in [0.5, 0.6) is 0 Å². The Balaban J connectivity index is 1.83. The van der Waals surface area contributed by atoms with Crippen molar-refractivity contribution >= 4 is 5.91 Å². The summed E-state index contributed by atoms with van der Waals surface area (Å²) in [5, 5.41) is 8.25. The van der Waals surface area contributed by atoms with Gasteiger partial charge in [-0.15, -0.1) is 10.2 Å². The van der Waals surface area contributed by atoms with E-state index in [1.54, 1.807) is 17.0 Å². The minimum absolute atomic E-state index is 0.0301. The first kappa shape index (κ1) is 16.9. The fourth-order valence-electron chi connectivity index (χ4n) is 2.68. The second kappa shape index (κ2) is 7.30. The highest BCUT2D eigenvalue weighted by Crippen LogP contribution is 2.24. The first-order chi connectivity index (χ1) is 12.1. The van der Waals surface area contributed by atoms with Crippen LogP contribution in [0.3, 0.4) is 0 Å². The molecule has 1 heterocycles. The fraction of sp³-hybridized carbons (Fsp3) is 0.250. The van der Waals surface area contributed by atoms with Crippen LogP contribution in [0.25, 0.3) is 22.9 Å². The molecule has 0 aliphatic rings. The van der Waals surface area contributed by atoms with E-state index in [1.807, 2.05) is 57.2 Å². The Kier molecular flexibility index (Phi) is 4.93. The minimum Gasteiger partial charge on any atom is -0.416 e. The molecule has 0 aliphatic carbocycles. The summed E-state index contributed by atoms with van der Waals surface area (Å²) in [5.74, 6) is 0.961. The normalized spacial score (nSPS) is 10.7. The zero-order chi connectivity index (χ0) is 17.8. The standard InChI is InChI=1S/C20H21N3O2/c1-4-23(5-2)20(24)16-11-9-15(10-12-16)18-21-22-19(25-18)17-8-6-7-14(3)13-17/h6-13H,4-5H2,1-3H3. The maximum Gasteiger partial charge on any atom is 0.253 e. The van der Waals surface area contributed by atoms with Gasteiger partial charge in [0.1, 0.15) is 0 Å². The molecule has 0 saturated carbocycles. The molecule has 3 rings (SSSR count). The van der Waals surface area contributed by atoms with Crippen molar-refractivity contribution in [2.45, 2.75) is 20.8 Å². The monoisotopic (exact) mass is 335 g/mol. The molecule has 0 aliphatic heterocycles. The summed E-state index contributed by atoms with van der Waals surface area (Å²) < 4.78 is 5.78. The number of amides is 1. The molecule has 3 aromatic rings. The number of rotatable bonds is 5. The summed E-state index contributed by atoms with van der Waals surface area (Å²) in [5.41, 5.74) is 3.48. The van der Waals surface area contributed by atoms with Gasteiger partial charge in [0.25, 0.3) is 5.91 Å². The molecule has 2 aromatic carbocycles.